The molecule has 1 atom stereocenters. The highest BCUT2D eigenvalue weighted by molar-refractivity contribution is 6.34. The average molecular weight is 300 g/mol. The fourth-order valence-electron chi connectivity index (χ4n) is 2.65. The summed E-state index contributed by atoms with van der Waals surface area (Å²) >= 11 is 6.22. The van der Waals surface area contributed by atoms with E-state index in [1.807, 2.05) is 27.7 Å². The molecule has 1 aromatic rings. The van der Waals surface area contributed by atoms with Crippen LogP contribution in [0.5, 0.6) is 0 Å². The quantitative estimate of drug-likeness (QED) is 0.719. The van der Waals surface area contributed by atoms with Crippen molar-refractivity contribution in [1.29, 1.82) is 0 Å². The minimum absolute atomic E-state index is 0.0555. The number of nitrogens with zero attached hydrogens (tertiary/aromatic N) is 3. The van der Waals surface area contributed by atoms with Gasteiger partial charge in [-0.2, -0.15) is 5.10 Å². The zero-order valence-corrected chi connectivity index (χ0v) is 14.2. The molecule has 0 aliphatic heterocycles. The minimum Gasteiger partial charge on any atom is -0.291 e. The van der Waals surface area contributed by atoms with Crippen LogP contribution in [0.15, 0.2) is 6.20 Å². The van der Waals surface area contributed by atoms with Crippen molar-refractivity contribution in [1.82, 2.24) is 14.7 Å². The number of aromatic nitrogens is 2. The van der Waals surface area contributed by atoms with Crippen molar-refractivity contribution in [3.05, 3.63) is 16.9 Å². The molecule has 0 spiro atoms. The van der Waals surface area contributed by atoms with E-state index in [9.17, 15) is 4.79 Å². The molecule has 5 heteroatoms. The number of carbonyl (C=O) groups is 1. The molecule has 0 aliphatic carbocycles. The summed E-state index contributed by atoms with van der Waals surface area (Å²) in [5.41, 5.74) is -0.0160. The van der Waals surface area contributed by atoms with Gasteiger partial charge < -0.3 is 0 Å². The van der Waals surface area contributed by atoms with E-state index in [1.54, 1.807) is 10.9 Å². The number of ketones is 1. The van der Waals surface area contributed by atoms with Crippen LogP contribution in [0.25, 0.3) is 0 Å². The first-order valence-electron chi connectivity index (χ1n) is 7.36. The molecular weight excluding hydrogens is 274 g/mol. The summed E-state index contributed by atoms with van der Waals surface area (Å²) in [6.45, 7) is 13.9. The predicted octanol–water partition coefficient (Wildman–Crippen LogP) is 3.81. The van der Waals surface area contributed by atoms with Gasteiger partial charge in [-0.05, 0) is 40.3 Å². The van der Waals surface area contributed by atoms with E-state index in [0.29, 0.717) is 10.7 Å². The maximum atomic E-state index is 13.1. The smallest absolute Gasteiger partial charge is 0.202 e. The van der Waals surface area contributed by atoms with Crippen molar-refractivity contribution >= 4 is 17.4 Å². The summed E-state index contributed by atoms with van der Waals surface area (Å²) in [5.74, 6) is 0.0555. The third kappa shape index (κ3) is 2.91. The summed E-state index contributed by atoms with van der Waals surface area (Å²) in [6.07, 6.45) is 2.31. The molecule has 0 radical (unpaired) electrons. The van der Waals surface area contributed by atoms with Gasteiger partial charge in [0.25, 0.3) is 0 Å². The van der Waals surface area contributed by atoms with Gasteiger partial charge in [-0.3, -0.25) is 14.4 Å². The fourth-order valence-corrected chi connectivity index (χ4v) is 2.87. The molecule has 0 bridgehead atoms. The second-order valence-electron chi connectivity index (χ2n) is 5.51. The fraction of sp³-hybridized carbons (Fsp3) is 0.733. The number of halogens is 1. The lowest BCUT2D eigenvalue weighted by molar-refractivity contribution is 0.0594. The average Bonchev–Trinajstić information content (AvgIpc) is 2.80. The van der Waals surface area contributed by atoms with E-state index in [4.69, 9.17) is 11.6 Å². The highest BCUT2D eigenvalue weighted by atomic mass is 35.5. The maximum Gasteiger partial charge on any atom is 0.202 e. The first kappa shape index (κ1) is 17.2. The topological polar surface area (TPSA) is 38.1 Å². The largest absolute Gasteiger partial charge is 0.291 e. The van der Waals surface area contributed by atoms with E-state index >= 15 is 0 Å². The van der Waals surface area contributed by atoms with Crippen molar-refractivity contribution < 1.29 is 4.79 Å². The van der Waals surface area contributed by atoms with Gasteiger partial charge in [0, 0.05) is 6.04 Å². The SMILES string of the molecule is CCN(CC)C(C)(CC)C(=O)c1c(Cl)cnn1C(C)C. The number of likely N-dealkylation sites (N-methyl/N-ethyl adjacent to an activating group) is 1. The molecule has 0 saturated carbocycles. The molecule has 0 saturated heterocycles. The summed E-state index contributed by atoms with van der Waals surface area (Å²) in [4.78, 5) is 15.3. The Labute approximate surface area is 127 Å². The first-order valence-corrected chi connectivity index (χ1v) is 7.74. The molecule has 0 fully saturated rings. The first-order chi connectivity index (χ1) is 9.33. The van der Waals surface area contributed by atoms with Crippen molar-refractivity contribution in [3.8, 4) is 0 Å². The van der Waals surface area contributed by atoms with E-state index < -0.39 is 5.54 Å². The molecule has 20 heavy (non-hydrogen) atoms. The lowest BCUT2D eigenvalue weighted by atomic mass is 9.88. The molecule has 0 amide bonds. The highest BCUT2D eigenvalue weighted by Crippen LogP contribution is 2.29. The van der Waals surface area contributed by atoms with Crippen LogP contribution in [0.3, 0.4) is 0 Å². The lowest BCUT2D eigenvalue weighted by Gasteiger charge is -2.38. The molecule has 4 nitrogen and oxygen atoms in total. The van der Waals surface area contributed by atoms with E-state index in [1.165, 1.54) is 0 Å². The number of Topliss-reactive ketones (excluding diaryl/α,β-unsaturated/α-hetero) is 1. The monoisotopic (exact) mass is 299 g/mol. The lowest BCUT2D eigenvalue weighted by Crippen LogP contribution is -2.52. The third-order valence-electron chi connectivity index (χ3n) is 4.09. The van der Waals surface area contributed by atoms with Crippen LogP contribution in [0.4, 0.5) is 0 Å². The normalized spacial score (nSPS) is 14.8. The second kappa shape index (κ2) is 6.72. The Hall–Kier alpha value is -0.870. The van der Waals surface area contributed by atoms with Crippen LogP contribution in [-0.2, 0) is 0 Å². The molecule has 1 rings (SSSR count). The van der Waals surface area contributed by atoms with E-state index in [-0.39, 0.29) is 11.8 Å². The van der Waals surface area contributed by atoms with Gasteiger partial charge in [0.05, 0.1) is 16.8 Å². The Bertz CT molecular complexity index is 466. The van der Waals surface area contributed by atoms with Gasteiger partial charge in [0.2, 0.25) is 5.78 Å². The Morgan fingerprint density at radius 1 is 1.40 bits per heavy atom. The number of rotatable bonds is 7. The Kier molecular flexibility index (Phi) is 5.78. The van der Waals surface area contributed by atoms with Crippen LogP contribution < -0.4 is 0 Å². The molecule has 1 heterocycles. The predicted molar refractivity (Wildman–Crippen MR) is 83.6 cm³/mol. The van der Waals surface area contributed by atoms with Gasteiger partial charge in [0.15, 0.2) is 0 Å². The molecule has 0 aromatic carbocycles. The maximum absolute atomic E-state index is 13.1. The van der Waals surface area contributed by atoms with Crippen LogP contribution in [-0.4, -0.2) is 39.1 Å². The van der Waals surface area contributed by atoms with Gasteiger partial charge in [-0.1, -0.05) is 32.4 Å². The summed E-state index contributed by atoms with van der Waals surface area (Å²) in [6, 6.07) is 0.110. The summed E-state index contributed by atoms with van der Waals surface area (Å²) in [7, 11) is 0. The van der Waals surface area contributed by atoms with Crippen LogP contribution in [0.2, 0.25) is 5.02 Å². The number of carbonyl (C=O) groups excluding carboxylic acids is 1. The summed E-state index contributed by atoms with van der Waals surface area (Å²) in [5, 5.41) is 4.68. The standard InChI is InChI=1S/C15H26ClN3O/c1-7-15(6,18(8-2)9-3)14(20)13-12(16)10-17-19(13)11(4)5/h10-11H,7-9H2,1-6H3. The van der Waals surface area contributed by atoms with E-state index in [2.05, 4.69) is 23.8 Å². The number of hydrogen-bond donors (Lipinski definition) is 0. The Balaban J connectivity index is 3.31. The van der Waals surface area contributed by atoms with Crippen molar-refractivity contribution in [3.63, 3.8) is 0 Å². The molecule has 0 aliphatic rings. The minimum atomic E-state index is -0.542. The van der Waals surface area contributed by atoms with E-state index in [0.717, 1.165) is 19.5 Å². The van der Waals surface area contributed by atoms with Crippen LogP contribution in [0, 0.1) is 0 Å². The third-order valence-corrected chi connectivity index (χ3v) is 4.37. The van der Waals surface area contributed by atoms with Crippen molar-refractivity contribution in [2.24, 2.45) is 0 Å². The molecule has 1 unspecified atom stereocenters. The van der Waals surface area contributed by atoms with Gasteiger partial charge in [0.1, 0.15) is 5.69 Å². The summed E-state index contributed by atoms with van der Waals surface area (Å²) < 4.78 is 1.72. The molecule has 1 aromatic heterocycles. The van der Waals surface area contributed by atoms with Crippen molar-refractivity contribution in [2.45, 2.75) is 59.5 Å². The van der Waals surface area contributed by atoms with Crippen LogP contribution in [0.1, 0.15) is 64.5 Å². The second-order valence-corrected chi connectivity index (χ2v) is 5.92. The van der Waals surface area contributed by atoms with Crippen LogP contribution >= 0.6 is 11.6 Å². The van der Waals surface area contributed by atoms with Crippen molar-refractivity contribution in [2.75, 3.05) is 13.1 Å². The highest BCUT2D eigenvalue weighted by Gasteiger charge is 2.39. The molecule has 114 valence electrons. The van der Waals surface area contributed by atoms with Gasteiger partial charge in [-0.15, -0.1) is 0 Å². The molecule has 0 N–H and O–H groups in total. The zero-order chi connectivity index (χ0) is 15.5. The number of hydrogen-bond acceptors (Lipinski definition) is 3. The van der Waals surface area contributed by atoms with Gasteiger partial charge in [-0.25, -0.2) is 0 Å². The van der Waals surface area contributed by atoms with Gasteiger partial charge >= 0.3 is 0 Å². The Morgan fingerprint density at radius 2 is 1.95 bits per heavy atom. The molecular formula is C15H26ClN3O. The Morgan fingerprint density at radius 3 is 2.35 bits per heavy atom. The zero-order valence-electron chi connectivity index (χ0n) is 13.4.